The molecule has 0 amide bonds. The van der Waals surface area contributed by atoms with Crippen molar-refractivity contribution in [1.82, 2.24) is 4.90 Å². The molecule has 2 rings (SSSR count). The van der Waals surface area contributed by atoms with Crippen LogP contribution in [0.15, 0.2) is 22.1 Å². The molecule has 7 nitrogen and oxygen atoms in total. The number of nitrogens with zero attached hydrogens (tertiary/aromatic N) is 4. The van der Waals surface area contributed by atoms with Gasteiger partial charge in [0.05, 0.1) is 11.5 Å². The lowest BCUT2D eigenvalue weighted by atomic mass is 10.3. The molecule has 0 saturated carbocycles. The lowest BCUT2D eigenvalue weighted by Crippen LogP contribution is -2.42. The molecular formula is C6H6N4O3. The lowest BCUT2D eigenvalue weighted by Gasteiger charge is -2.21. The van der Waals surface area contributed by atoms with Crippen LogP contribution in [0.4, 0.5) is 0 Å². The Morgan fingerprint density at radius 1 is 1.69 bits per heavy atom. The van der Waals surface area contributed by atoms with Crippen molar-refractivity contribution in [2.45, 2.75) is 6.17 Å². The van der Waals surface area contributed by atoms with Crippen LogP contribution in [0.3, 0.4) is 0 Å². The van der Waals surface area contributed by atoms with E-state index in [2.05, 4.69) is 10.2 Å². The summed E-state index contributed by atoms with van der Waals surface area (Å²) in [6.07, 6.45) is -0.120. The van der Waals surface area contributed by atoms with E-state index in [0.717, 1.165) is 6.08 Å². The minimum atomic E-state index is -1.28. The highest BCUT2D eigenvalue weighted by molar-refractivity contribution is 5.96. The molecule has 2 aliphatic rings. The summed E-state index contributed by atoms with van der Waals surface area (Å²) < 4.78 is 0. The molecule has 0 N–H and O–H groups in total. The minimum absolute atomic E-state index is 0.304. The smallest absolute Gasteiger partial charge is 0.285 e. The van der Waals surface area contributed by atoms with Gasteiger partial charge in [0.2, 0.25) is 0 Å². The first kappa shape index (κ1) is 7.84. The van der Waals surface area contributed by atoms with Gasteiger partial charge in [-0.05, 0) is 0 Å². The third-order valence-electron chi connectivity index (χ3n) is 1.93. The summed E-state index contributed by atoms with van der Waals surface area (Å²) in [6, 6.07) is 0. The van der Waals surface area contributed by atoms with Gasteiger partial charge in [-0.2, -0.15) is 5.11 Å². The predicted octanol–water partition coefficient (Wildman–Crippen LogP) is -0.219. The number of azo groups is 1. The van der Waals surface area contributed by atoms with E-state index in [4.69, 9.17) is 0 Å². The summed E-state index contributed by atoms with van der Waals surface area (Å²) in [5, 5.41) is 17.9. The van der Waals surface area contributed by atoms with Crippen LogP contribution in [0, 0.1) is 10.1 Å². The quantitative estimate of drug-likeness (QED) is 0.414. The largest absolute Gasteiger partial charge is 0.350 e. The maximum atomic E-state index is 11.1. The first-order valence-corrected chi connectivity index (χ1v) is 3.73. The van der Waals surface area contributed by atoms with Crippen LogP contribution >= 0.6 is 0 Å². The Balaban J connectivity index is 2.32. The number of carbonyl (C=O) groups excluding carboxylic acids is 1. The van der Waals surface area contributed by atoms with Gasteiger partial charge in [0.1, 0.15) is 0 Å². The molecule has 0 aromatic rings. The first-order valence-electron chi connectivity index (χ1n) is 3.73. The molecule has 2 heterocycles. The van der Waals surface area contributed by atoms with E-state index in [-0.39, 0.29) is 0 Å². The van der Waals surface area contributed by atoms with Gasteiger partial charge in [0, 0.05) is 12.6 Å². The van der Waals surface area contributed by atoms with Crippen molar-refractivity contribution < 1.29 is 9.72 Å². The highest BCUT2D eigenvalue weighted by Gasteiger charge is 2.43. The molecule has 13 heavy (non-hydrogen) atoms. The number of hydrogen-bond donors (Lipinski definition) is 0. The molecule has 0 aromatic carbocycles. The number of hydrogen-bond acceptors (Lipinski definition) is 6. The fraction of sp³-hybridized carbons (Fsp3) is 0.500. The summed E-state index contributed by atoms with van der Waals surface area (Å²) in [6.45, 7) is 0.779. The Morgan fingerprint density at radius 3 is 3.15 bits per heavy atom. The normalized spacial score (nSPS) is 25.8. The zero-order valence-electron chi connectivity index (χ0n) is 6.58. The number of rotatable bonds is 1. The van der Waals surface area contributed by atoms with Crippen molar-refractivity contribution >= 4 is 5.78 Å². The molecule has 1 atom stereocenters. The molecule has 0 fully saturated rings. The van der Waals surface area contributed by atoms with Crippen LogP contribution in [0.1, 0.15) is 0 Å². The average molecular weight is 182 g/mol. The monoisotopic (exact) mass is 182 g/mol. The summed E-state index contributed by atoms with van der Waals surface area (Å²) in [7, 11) is 0. The summed E-state index contributed by atoms with van der Waals surface area (Å²) in [5.41, 5.74) is 0. The van der Waals surface area contributed by atoms with E-state index in [1.54, 1.807) is 0 Å². The van der Waals surface area contributed by atoms with E-state index in [0.29, 0.717) is 18.9 Å². The summed E-state index contributed by atoms with van der Waals surface area (Å²) in [4.78, 5) is 22.4. The van der Waals surface area contributed by atoms with Gasteiger partial charge in [-0.15, -0.1) is 5.11 Å². The molecule has 7 heteroatoms. The van der Waals surface area contributed by atoms with Crippen molar-refractivity contribution in [2.75, 3.05) is 13.1 Å². The summed E-state index contributed by atoms with van der Waals surface area (Å²) in [5.74, 6) is -0.223. The maximum Gasteiger partial charge on any atom is 0.350 e. The maximum absolute atomic E-state index is 11.1. The summed E-state index contributed by atoms with van der Waals surface area (Å²) >= 11 is 0. The van der Waals surface area contributed by atoms with Gasteiger partial charge in [0.25, 0.3) is 5.78 Å². The average Bonchev–Trinajstić information content (AvgIpc) is 2.39. The van der Waals surface area contributed by atoms with Crippen LogP contribution in [-0.4, -0.2) is 34.9 Å². The molecule has 1 unspecified atom stereocenters. The lowest BCUT2D eigenvalue weighted by molar-refractivity contribution is -0.529. The van der Waals surface area contributed by atoms with Crippen LogP contribution in [0.2, 0.25) is 0 Å². The Hall–Kier alpha value is -1.79. The number of ketones is 1. The van der Waals surface area contributed by atoms with Crippen LogP contribution in [0.25, 0.3) is 0 Å². The number of nitro groups is 1. The van der Waals surface area contributed by atoms with Crippen molar-refractivity contribution in [3.8, 4) is 0 Å². The van der Waals surface area contributed by atoms with Crippen LogP contribution in [0.5, 0.6) is 0 Å². The molecular weight excluding hydrogens is 176 g/mol. The van der Waals surface area contributed by atoms with Gasteiger partial charge >= 0.3 is 6.17 Å². The van der Waals surface area contributed by atoms with Gasteiger partial charge < -0.3 is 0 Å². The first-order chi connectivity index (χ1) is 6.20. The minimum Gasteiger partial charge on any atom is -0.285 e. The van der Waals surface area contributed by atoms with E-state index in [1.165, 1.54) is 4.90 Å². The van der Waals surface area contributed by atoms with E-state index in [9.17, 15) is 14.9 Å². The second-order valence-corrected chi connectivity index (χ2v) is 2.72. The highest BCUT2D eigenvalue weighted by atomic mass is 16.6. The second-order valence-electron chi connectivity index (χ2n) is 2.72. The molecule has 0 spiro atoms. The molecule has 0 aromatic heterocycles. The highest BCUT2D eigenvalue weighted by Crippen LogP contribution is 2.23. The van der Waals surface area contributed by atoms with E-state index in [1.807, 2.05) is 0 Å². The molecule has 0 radical (unpaired) electrons. The topological polar surface area (TPSA) is 88.2 Å². The van der Waals surface area contributed by atoms with Gasteiger partial charge in [-0.3, -0.25) is 19.8 Å². The third kappa shape index (κ3) is 1.08. The molecule has 0 aliphatic carbocycles. The fourth-order valence-electron chi connectivity index (χ4n) is 1.38. The fourth-order valence-corrected chi connectivity index (χ4v) is 1.38. The Kier molecular flexibility index (Phi) is 1.57. The van der Waals surface area contributed by atoms with Gasteiger partial charge in [-0.1, -0.05) is 0 Å². The zero-order chi connectivity index (χ0) is 9.42. The standard InChI is InChI=1S/C6H6N4O3/c11-4-3-5-8-7-1-2-9(5)6(4)10(12)13/h3,6H,1-2H2. The van der Waals surface area contributed by atoms with Gasteiger partial charge in [-0.25, -0.2) is 0 Å². The SMILES string of the molecule is O=C1C=C2N=NCCN2C1[N+](=O)[O-]. The Labute approximate surface area is 72.9 Å². The Morgan fingerprint density at radius 2 is 2.46 bits per heavy atom. The Bertz CT molecular complexity index is 335. The van der Waals surface area contributed by atoms with Crippen LogP contribution < -0.4 is 0 Å². The molecule has 2 aliphatic heterocycles. The number of carbonyl (C=O) groups is 1. The van der Waals surface area contributed by atoms with Crippen LogP contribution in [-0.2, 0) is 4.79 Å². The molecule has 68 valence electrons. The second kappa shape index (κ2) is 2.61. The van der Waals surface area contributed by atoms with Crippen molar-refractivity contribution in [2.24, 2.45) is 10.2 Å². The van der Waals surface area contributed by atoms with Gasteiger partial charge in [0.15, 0.2) is 5.82 Å². The molecule has 0 saturated heterocycles. The third-order valence-corrected chi connectivity index (χ3v) is 1.93. The van der Waals surface area contributed by atoms with Crippen molar-refractivity contribution in [3.05, 3.63) is 22.0 Å². The van der Waals surface area contributed by atoms with Crippen molar-refractivity contribution in [3.63, 3.8) is 0 Å². The molecule has 0 bridgehead atoms. The number of fused-ring (bicyclic) bond motifs is 1. The van der Waals surface area contributed by atoms with Crippen molar-refractivity contribution in [1.29, 1.82) is 0 Å². The predicted molar refractivity (Wildman–Crippen MR) is 40.3 cm³/mol. The zero-order valence-corrected chi connectivity index (χ0v) is 6.58. The van der Waals surface area contributed by atoms with E-state index >= 15 is 0 Å². The van der Waals surface area contributed by atoms with E-state index < -0.39 is 16.9 Å².